The Hall–Kier alpha value is -1.49. The van der Waals surface area contributed by atoms with E-state index in [1.807, 2.05) is 13.0 Å². The number of carbonyl (C=O) groups excluding carboxylic acids is 1. The average Bonchev–Trinajstić information content (AvgIpc) is 2.48. The number of aryl methyl sites for hydroxylation is 1. The third-order valence-electron chi connectivity index (χ3n) is 2.39. The Morgan fingerprint density at radius 1 is 1.60 bits per heavy atom. The van der Waals surface area contributed by atoms with E-state index in [0.717, 1.165) is 18.8 Å². The summed E-state index contributed by atoms with van der Waals surface area (Å²) in [6, 6.07) is 3.34. The van der Waals surface area contributed by atoms with Crippen molar-refractivity contribution in [1.29, 1.82) is 0 Å². The van der Waals surface area contributed by atoms with Crippen molar-refractivity contribution in [3.8, 4) is 0 Å². The molecular formula is C10H15N3O2. The second-order valence-electron chi connectivity index (χ2n) is 3.77. The highest BCUT2D eigenvalue weighted by Crippen LogP contribution is 2.11. The second kappa shape index (κ2) is 4.35. The number of anilines is 1. The van der Waals surface area contributed by atoms with Gasteiger partial charge in [0.15, 0.2) is 0 Å². The topological polar surface area (TPSA) is 66.3 Å². The fourth-order valence-corrected chi connectivity index (χ4v) is 1.39. The monoisotopic (exact) mass is 209 g/mol. The molecule has 1 saturated heterocycles. The fraction of sp³-hybridized carbons (Fsp3) is 0.500. The van der Waals surface area contributed by atoms with Crippen LogP contribution in [0.4, 0.5) is 10.7 Å². The van der Waals surface area contributed by atoms with Gasteiger partial charge in [-0.25, -0.2) is 4.79 Å². The molecule has 1 aromatic rings. The van der Waals surface area contributed by atoms with Crippen LogP contribution in [0.3, 0.4) is 0 Å². The summed E-state index contributed by atoms with van der Waals surface area (Å²) >= 11 is 0. The molecular weight excluding hydrogens is 194 g/mol. The zero-order valence-electron chi connectivity index (χ0n) is 8.67. The van der Waals surface area contributed by atoms with Crippen LogP contribution in [0.1, 0.15) is 5.76 Å². The zero-order valence-corrected chi connectivity index (χ0v) is 8.67. The normalized spacial score (nSPS) is 15.8. The van der Waals surface area contributed by atoms with Crippen molar-refractivity contribution in [2.45, 2.75) is 6.92 Å². The number of amides is 2. The SMILES string of the molecule is Cc1ccc(NC(=O)NCC2CNC2)o1. The first-order valence-electron chi connectivity index (χ1n) is 5.06. The molecule has 0 unspecified atom stereocenters. The van der Waals surface area contributed by atoms with E-state index in [1.54, 1.807) is 6.07 Å². The van der Waals surface area contributed by atoms with Crippen LogP contribution in [0.5, 0.6) is 0 Å². The number of furan rings is 1. The Kier molecular flexibility index (Phi) is 2.91. The van der Waals surface area contributed by atoms with Crippen molar-refractivity contribution in [2.24, 2.45) is 5.92 Å². The summed E-state index contributed by atoms with van der Waals surface area (Å²) < 4.78 is 5.22. The molecule has 1 aromatic heterocycles. The van der Waals surface area contributed by atoms with Gasteiger partial charge in [-0.05, 0) is 13.0 Å². The van der Waals surface area contributed by atoms with E-state index >= 15 is 0 Å². The van der Waals surface area contributed by atoms with Gasteiger partial charge in [0, 0.05) is 31.6 Å². The van der Waals surface area contributed by atoms with Crippen LogP contribution in [0.15, 0.2) is 16.5 Å². The molecule has 0 atom stereocenters. The maximum Gasteiger partial charge on any atom is 0.321 e. The first kappa shape index (κ1) is 10.0. The Balaban J connectivity index is 1.71. The third kappa shape index (κ3) is 2.73. The molecule has 0 aromatic carbocycles. The second-order valence-corrected chi connectivity index (χ2v) is 3.77. The summed E-state index contributed by atoms with van der Waals surface area (Å²) in [5, 5.41) is 8.57. The van der Waals surface area contributed by atoms with E-state index in [2.05, 4.69) is 16.0 Å². The van der Waals surface area contributed by atoms with Crippen LogP contribution in [0, 0.1) is 12.8 Å². The van der Waals surface area contributed by atoms with E-state index in [0.29, 0.717) is 18.3 Å². The number of carbonyl (C=O) groups is 1. The minimum atomic E-state index is -0.212. The Bertz CT molecular complexity index is 344. The van der Waals surface area contributed by atoms with Gasteiger partial charge in [-0.15, -0.1) is 0 Å². The average molecular weight is 209 g/mol. The summed E-state index contributed by atoms with van der Waals surface area (Å²) in [5.74, 6) is 1.83. The molecule has 0 spiro atoms. The quantitative estimate of drug-likeness (QED) is 0.693. The minimum absolute atomic E-state index is 0.212. The van der Waals surface area contributed by atoms with Crippen LogP contribution in [-0.4, -0.2) is 25.7 Å². The summed E-state index contributed by atoms with van der Waals surface area (Å²) in [6.07, 6.45) is 0. The lowest BCUT2D eigenvalue weighted by molar-refractivity contribution is 0.246. The van der Waals surface area contributed by atoms with Crippen LogP contribution in [0.2, 0.25) is 0 Å². The first-order chi connectivity index (χ1) is 7.24. The number of rotatable bonds is 3. The maximum atomic E-state index is 11.4. The lowest BCUT2D eigenvalue weighted by Crippen LogP contribution is -2.48. The zero-order chi connectivity index (χ0) is 10.7. The molecule has 0 bridgehead atoms. The molecule has 0 saturated carbocycles. The van der Waals surface area contributed by atoms with Crippen molar-refractivity contribution in [3.05, 3.63) is 17.9 Å². The fourth-order valence-electron chi connectivity index (χ4n) is 1.39. The van der Waals surface area contributed by atoms with E-state index < -0.39 is 0 Å². The molecule has 1 fully saturated rings. The lowest BCUT2D eigenvalue weighted by Gasteiger charge is -2.26. The van der Waals surface area contributed by atoms with Gasteiger partial charge in [-0.3, -0.25) is 5.32 Å². The number of nitrogens with one attached hydrogen (secondary N) is 3. The largest absolute Gasteiger partial charge is 0.446 e. The van der Waals surface area contributed by atoms with E-state index in [4.69, 9.17) is 4.42 Å². The number of hydrogen-bond acceptors (Lipinski definition) is 3. The molecule has 82 valence electrons. The Morgan fingerprint density at radius 2 is 2.40 bits per heavy atom. The lowest BCUT2D eigenvalue weighted by atomic mass is 10.0. The molecule has 3 N–H and O–H groups in total. The van der Waals surface area contributed by atoms with Gasteiger partial charge in [0.1, 0.15) is 5.76 Å². The number of urea groups is 1. The maximum absolute atomic E-state index is 11.4. The van der Waals surface area contributed by atoms with E-state index in [9.17, 15) is 4.79 Å². The van der Waals surface area contributed by atoms with Gasteiger partial charge in [0.2, 0.25) is 5.88 Å². The molecule has 5 heteroatoms. The third-order valence-corrected chi connectivity index (χ3v) is 2.39. The van der Waals surface area contributed by atoms with Crippen molar-refractivity contribution < 1.29 is 9.21 Å². The Morgan fingerprint density at radius 3 is 2.93 bits per heavy atom. The highest BCUT2D eigenvalue weighted by Gasteiger charge is 2.17. The van der Waals surface area contributed by atoms with E-state index in [1.165, 1.54) is 0 Å². The van der Waals surface area contributed by atoms with Crippen molar-refractivity contribution >= 4 is 11.9 Å². The number of hydrogen-bond donors (Lipinski definition) is 3. The molecule has 0 radical (unpaired) electrons. The molecule has 1 aliphatic heterocycles. The Labute approximate surface area is 88.2 Å². The standard InChI is InChI=1S/C10H15N3O2/c1-7-2-3-9(15-7)13-10(14)12-6-8-4-11-5-8/h2-3,8,11H,4-6H2,1H3,(H2,12,13,14). The van der Waals surface area contributed by atoms with Gasteiger partial charge >= 0.3 is 6.03 Å². The van der Waals surface area contributed by atoms with Crippen LogP contribution in [0.25, 0.3) is 0 Å². The molecule has 5 nitrogen and oxygen atoms in total. The van der Waals surface area contributed by atoms with Gasteiger partial charge in [0.05, 0.1) is 0 Å². The van der Waals surface area contributed by atoms with Gasteiger partial charge in [0.25, 0.3) is 0 Å². The smallest absolute Gasteiger partial charge is 0.321 e. The van der Waals surface area contributed by atoms with Crippen molar-refractivity contribution in [1.82, 2.24) is 10.6 Å². The predicted molar refractivity (Wildman–Crippen MR) is 56.8 cm³/mol. The summed E-state index contributed by atoms with van der Waals surface area (Å²) in [4.78, 5) is 11.4. The summed E-state index contributed by atoms with van der Waals surface area (Å²) in [6.45, 7) is 4.52. The highest BCUT2D eigenvalue weighted by molar-refractivity contribution is 5.87. The predicted octanol–water partition coefficient (Wildman–Crippen LogP) is 0.929. The van der Waals surface area contributed by atoms with E-state index in [-0.39, 0.29) is 6.03 Å². The molecule has 2 heterocycles. The van der Waals surface area contributed by atoms with Crippen LogP contribution >= 0.6 is 0 Å². The van der Waals surface area contributed by atoms with Gasteiger partial charge < -0.3 is 15.1 Å². The molecule has 15 heavy (non-hydrogen) atoms. The summed E-state index contributed by atoms with van der Waals surface area (Å²) in [7, 11) is 0. The molecule has 0 aliphatic carbocycles. The highest BCUT2D eigenvalue weighted by atomic mass is 16.4. The van der Waals surface area contributed by atoms with Crippen molar-refractivity contribution in [3.63, 3.8) is 0 Å². The van der Waals surface area contributed by atoms with Crippen molar-refractivity contribution in [2.75, 3.05) is 25.0 Å². The first-order valence-corrected chi connectivity index (χ1v) is 5.06. The van der Waals surface area contributed by atoms with Crippen LogP contribution < -0.4 is 16.0 Å². The summed E-state index contributed by atoms with van der Waals surface area (Å²) in [5.41, 5.74) is 0. The minimum Gasteiger partial charge on any atom is -0.446 e. The van der Waals surface area contributed by atoms with Gasteiger partial charge in [-0.1, -0.05) is 0 Å². The van der Waals surface area contributed by atoms with Crippen LogP contribution in [-0.2, 0) is 0 Å². The molecule has 2 rings (SSSR count). The molecule has 1 aliphatic rings. The molecule has 2 amide bonds. The van der Waals surface area contributed by atoms with Gasteiger partial charge in [-0.2, -0.15) is 0 Å².